The lowest BCUT2D eigenvalue weighted by Crippen LogP contribution is -2.43. The van der Waals surface area contributed by atoms with Crippen molar-refractivity contribution in [2.24, 2.45) is 0 Å². The van der Waals surface area contributed by atoms with Gasteiger partial charge in [-0.25, -0.2) is 4.98 Å². The predicted molar refractivity (Wildman–Crippen MR) is 75.5 cm³/mol. The minimum atomic E-state index is 0.0924. The highest BCUT2D eigenvalue weighted by Crippen LogP contribution is 2.37. The van der Waals surface area contributed by atoms with Gasteiger partial charge in [-0.3, -0.25) is 4.90 Å². The fraction of sp³-hybridized carbons (Fsp3) is 0.786. The van der Waals surface area contributed by atoms with E-state index in [0.29, 0.717) is 6.10 Å². The Balaban J connectivity index is 1.52. The van der Waals surface area contributed by atoms with Crippen molar-refractivity contribution < 1.29 is 9.47 Å². The zero-order chi connectivity index (χ0) is 13.3. The Morgan fingerprint density at radius 2 is 2.32 bits per heavy atom. The molecular weight excluding hydrogens is 260 g/mol. The zero-order valence-electron chi connectivity index (χ0n) is 11.7. The highest BCUT2D eigenvalue weighted by atomic mass is 32.1. The third-order valence-electron chi connectivity index (χ3n) is 4.33. The monoisotopic (exact) mass is 282 g/mol. The molecule has 0 saturated carbocycles. The van der Waals surface area contributed by atoms with Gasteiger partial charge in [-0.05, 0) is 19.8 Å². The number of aromatic nitrogens is 1. The number of ether oxygens (including phenoxy) is 2. The lowest BCUT2D eigenvalue weighted by Gasteiger charge is -2.38. The van der Waals surface area contributed by atoms with E-state index >= 15 is 0 Å². The molecule has 0 radical (unpaired) electrons. The molecule has 1 aromatic heterocycles. The number of thiazole rings is 1. The van der Waals surface area contributed by atoms with Crippen molar-refractivity contribution in [1.29, 1.82) is 0 Å². The molecule has 1 spiro atoms. The summed E-state index contributed by atoms with van der Waals surface area (Å²) in [7, 11) is 1.78. The fourth-order valence-corrected chi connectivity index (χ4v) is 3.73. The summed E-state index contributed by atoms with van der Waals surface area (Å²) in [6.45, 7) is 6.02. The Morgan fingerprint density at radius 1 is 1.53 bits per heavy atom. The quantitative estimate of drug-likeness (QED) is 0.851. The van der Waals surface area contributed by atoms with Gasteiger partial charge in [0.1, 0.15) is 0 Å². The summed E-state index contributed by atoms with van der Waals surface area (Å²) in [6.07, 6.45) is 3.60. The van der Waals surface area contributed by atoms with Crippen LogP contribution in [0.3, 0.4) is 0 Å². The Hall–Kier alpha value is -0.490. The number of hydrogen-bond donors (Lipinski definition) is 0. The van der Waals surface area contributed by atoms with E-state index < -0.39 is 0 Å². The largest absolute Gasteiger partial charge is 0.379 e. The number of methoxy groups -OCH3 is 1. The van der Waals surface area contributed by atoms with Crippen LogP contribution in [0, 0.1) is 6.92 Å². The van der Waals surface area contributed by atoms with E-state index in [2.05, 4.69) is 22.2 Å². The molecule has 106 valence electrons. The maximum Gasteiger partial charge on any atom is 0.0897 e. The van der Waals surface area contributed by atoms with Gasteiger partial charge in [-0.15, -0.1) is 11.3 Å². The van der Waals surface area contributed by atoms with Gasteiger partial charge in [0.25, 0.3) is 0 Å². The molecule has 2 aliphatic rings. The molecule has 0 bridgehead atoms. The SMILES string of the molecule is CO[C@@H]1COC2(CCN(Cc3csc(C)n3)CC2)C1. The molecule has 0 N–H and O–H groups in total. The van der Waals surface area contributed by atoms with Crippen LogP contribution in [0.5, 0.6) is 0 Å². The first-order chi connectivity index (χ1) is 9.19. The smallest absolute Gasteiger partial charge is 0.0897 e. The molecule has 4 nitrogen and oxygen atoms in total. The molecule has 2 saturated heterocycles. The number of nitrogens with zero attached hydrogens (tertiary/aromatic N) is 2. The molecular formula is C14H22N2O2S. The van der Waals surface area contributed by atoms with Crippen molar-refractivity contribution in [3.63, 3.8) is 0 Å². The van der Waals surface area contributed by atoms with Crippen molar-refractivity contribution in [3.05, 3.63) is 16.1 Å². The number of piperidine rings is 1. The van der Waals surface area contributed by atoms with Crippen LogP contribution >= 0.6 is 11.3 Å². The normalized spacial score (nSPS) is 27.2. The minimum absolute atomic E-state index is 0.0924. The fourth-order valence-electron chi connectivity index (χ4n) is 3.13. The number of likely N-dealkylation sites (tertiary alicyclic amines) is 1. The molecule has 0 aliphatic carbocycles. The average Bonchev–Trinajstić information content (AvgIpc) is 3.00. The van der Waals surface area contributed by atoms with Gasteiger partial charge in [0.05, 0.1) is 29.0 Å². The van der Waals surface area contributed by atoms with Crippen LogP contribution in [0.2, 0.25) is 0 Å². The molecule has 19 heavy (non-hydrogen) atoms. The van der Waals surface area contributed by atoms with Gasteiger partial charge >= 0.3 is 0 Å². The zero-order valence-corrected chi connectivity index (χ0v) is 12.5. The summed E-state index contributed by atoms with van der Waals surface area (Å²) < 4.78 is 11.4. The summed E-state index contributed by atoms with van der Waals surface area (Å²) in [5.74, 6) is 0. The van der Waals surface area contributed by atoms with Gasteiger partial charge in [-0.2, -0.15) is 0 Å². The maximum atomic E-state index is 6.02. The predicted octanol–water partition coefficient (Wildman–Crippen LogP) is 2.22. The van der Waals surface area contributed by atoms with Crippen molar-refractivity contribution in [1.82, 2.24) is 9.88 Å². The standard InChI is InChI=1S/C14H22N2O2S/c1-11-15-12(10-19-11)8-16-5-3-14(4-6-16)7-13(17-2)9-18-14/h10,13H,3-9H2,1-2H3/t13-/m0/s1. The number of rotatable bonds is 3. The van der Waals surface area contributed by atoms with Crippen LogP contribution in [-0.4, -0.2) is 48.4 Å². The summed E-state index contributed by atoms with van der Waals surface area (Å²) >= 11 is 1.74. The molecule has 1 atom stereocenters. The molecule has 5 heteroatoms. The Labute approximate surface area is 118 Å². The van der Waals surface area contributed by atoms with E-state index in [1.165, 1.54) is 5.69 Å². The number of hydrogen-bond acceptors (Lipinski definition) is 5. The van der Waals surface area contributed by atoms with Crippen LogP contribution in [-0.2, 0) is 16.0 Å². The molecule has 0 aromatic carbocycles. The summed E-state index contributed by atoms with van der Waals surface area (Å²) in [5, 5.41) is 3.33. The Kier molecular flexibility index (Phi) is 3.89. The van der Waals surface area contributed by atoms with E-state index in [1.54, 1.807) is 18.4 Å². The number of aryl methyl sites for hydroxylation is 1. The molecule has 3 heterocycles. The van der Waals surface area contributed by atoms with Crippen molar-refractivity contribution in [2.75, 3.05) is 26.8 Å². The summed E-state index contributed by atoms with van der Waals surface area (Å²) in [5.41, 5.74) is 1.30. The van der Waals surface area contributed by atoms with Crippen LogP contribution in [0.4, 0.5) is 0 Å². The van der Waals surface area contributed by atoms with E-state index in [9.17, 15) is 0 Å². The van der Waals surface area contributed by atoms with Gasteiger partial charge in [-0.1, -0.05) is 0 Å². The third-order valence-corrected chi connectivity index (χ3v) is 5.15. The Bertz CT molecular complexity index is 427. The lowest BCUT2D eigenvalue weighted by molar-refractivity contribution is -0.0461. The van der Waals surface area contributed by atoms with E-state index in [4.69, 9.17) is 9.47 Å². The second-order valence-electron chi connectivity index (χ2n) is 5.69. The van der Waals surface area contributed by atoms with Gasteiger partial charge < -0.3 is 9.47 Å². The highest BCUT2D eigenvalue weighted by Gasteiger charge is 2.42. The topological polar surface area (TPSA) is 34.6 Å². The second kappa shape index (κ2) is 5.48. The van der Waals surface area contributed by atoms with E-state index in [-0.39, 0.29) is 5.60 Å². The molecule has 0 unspecified atom stereocenters. The highest BCUT2D eigenvalue weighted by molar-refractivity contribution is 7.09. The van der Waals surface area contributed by atoms with Crippen molar-refractivity contribution in [3.8, 4) is 0 Å². The summed E-state index contributed by atoms with van der Waals surface area (Å²) in [6, 6.07) is 0. The lowest BCUT2D eigenvalue weighted by atomic mass is 9.88. The van der Waals surface area contributed by atoms with Crippen LogP contribution in [0.15, 0.2) is 5.38 Å². The average molecular weight is 282 g/mol. The van der Waals surface area contributed by atoms with Gasteiger partial charge in [0, 0.05) is 38.5 Å². The van der Waals surface area contributed by atoms with Gasteiger partial charge in [0.2, 0.25) is 0 Å². The molecule has 1 aromatic rings. The van der Waals surface area contributed by atoms with Crippen molar-refractivity contribution in [2.45, 2.75) is 44.4 Å². The summed E-state index contributed by atoms with van der Waals surface area (Å²) in [4.78, 5) is 7.03. The van der Waals surface area contributed by atoms with Crippen LogP contribution < -0.4 is 0 Å². The van der Waals surface area contributed by atoms with E-state index in [1.807, 2.05) is 0 Å². The molecule has 3 rings (SSSR count). The first-order valence-electron chi connectivity index (χ1n) is 6.99. The van der Waals surface area contributed by atoms with Gasteiger partial charge in [0.15, 0.2) is 0 Å². The minimum Gasteiger partial charge on any atom is -0.379 e. The second-order valence-corrected chi connectivity index (χ2v) is 6.75. The van der Waals surface area contributed by atoms with E-state index in [0.717, 1.165) is 50.5 Å². The first kappa shape index (κ1) is 13.5. The third kappa shape index (κ3) is 2.99. The first-order valence-corrected chi connectivity index (χ1v) is 7.87. The molecule has 2 fully saturated rings. The maximum absolute atomic E-state index is 6.02. The Morgan fingerprint density at radius 3 is 2.89 bits per heavy atom. The van der Waals surface area contributed by atoms with Crippen LogP contribution in [0.25, 0.3) is 0 Å². The van der Waals surface area contributed by atoms with Crippen LogP contribution in [0.1, 0.15) is 30.0 Å². The molecule has 2 aliphatic heterocycles. The molecule has 0 amide bonds. The van der Waals surface area contributed by atoms with Crippen molar-refractivity contribution >= 4 is 11.3 Å².